The largest absolute Gasteiger partial charge is 0.355 e. The number of halogens is 1. The minimum atomic E-state index is 0.254. The molecule has 0 aromatic carbocycles. The van der Waals surface area contributed by atoms with Crippen molar-refractivity contribution in [1.82, 2.24) is 19.9 Å². The summed E-state index contributed by atoms with van der Waals surface area (Å²) in [4.78, 5) is 17.8. The molecular formula is C11H14ClN5. The maximum absolute atomic E-state index is 5.93. The Hall–Kier alpha value is -1.36. The first-order chi connectivity index (χ1) is 8.25. The van der Waals surface area contributed by atoms with Crippen LogP contribution in [0.3, 0.4) is 0 Å². The lowest BCUT2D eigenvalue weighted by Gasteiger charge is -2.25. The second-order valence-corrected chi connectivity index (χ2v) is 4.80. The molecule has 0 amide bonds. The van der Waals surface area contributed by atoms with Gasteiger partial charge in [0.15, 0.2) is 11.5 Å². The molecule has 0 atom stereocenters. The number of hydrogen-bond acceptors (Lipinski definition) is 4. The fraction of sp³-hybridized carbons (Fsp3) is 0.545. The van der Waals surface area contributed by atoms with E-state index in [0.717, 1.165) is 11.3 Å². The van der Waals surface area contributed by atoms with Crippen LogP contribution in [0.25, 0.3) is 11.2 Å². The van der Waals surface area contributed by atoms with Crippen molar-refractivity contribution >= 4 is 28.6 Å². The molecule has 6 heteroatoms. The quantitative estimate of drug-likeness (QED) is 0.833. The highest BCUT2D eigenvalue weighted by molar-refractivity contribution is 6.28. The van der Waals surface area contributed by atoms with Gasteiger partial charge in [-0.1, -0.05) is 12.8 Å². The molecule has 5 nitrogen and oxygen atoms in total. The van der Waals surface area contributed by atoms with E-state index in [1.54, 1.807) is 6.33 Å². The molecule has 3 rings (SSSR count). The van der Waals surface area contributed by atoms with Gasteiger partial charge >= 0.3 is 0 Å². The van der Waals surface area contributed by atoms with Gasteiger partial charge in [0.05, 0.1) is 6.33 Å². The Balaban J connectivity index is 2.05. The van der Waals surface area contributed by atoms with Crippen LogP contribution in [0, 0.1) is 0 Å². The zero-order valence-corrected chi connectivity index (χ0v) is 10.4. The molecule has 0 spiro atoms. The van der Waals surface area contributed by atoms with Gasteiger partial charge in [-0.05, 0) is 24.4 Å². The summed E-state index contributed by atoms with van der Waals surface area (Å²) in [5, 5.41) is 0.254. The Morgan fingerprint density at radius 3 is 2.88 bits per heavy atom. The van der Waals surface area contributed by atoms with Gasteiger partial charge in [0.2, 0.25) is 5.28 Å². The summed E-state index contributed by atoms with van der Waals surface area (Å²) in [7, 11) is 2.06. The fourth-order valence-electron chi connectivity index (χ4n) is 2.51. The first kappa shape index (κ1) is 10.8. The lowest BCUT2D eigenvalue weighted by Crippen LogP contribution is -2.29. The molecule has 0 radical (unpaired) electrons. The number of H-pyrrole nitrogens is 1. The highest BCUT2D eigenvalue weighted by Gasteiger charge is 2.23. The Morgan fingerprint density at radius 1 is 1.35 bits per heavy atom. The van der Waals surface area contributed by atoms with E-state index in [1.165, 1.54) is 25.7 Å². The third-order valence-electron chi connectivity index (χ3n) is 3.45. The van der Waals surface area contributed by atoms with E-state index in [2.05, 4.69) is 31.9 Å². The highest BCUT2D eigenvalue weighted by atomic mass is 35.5. The van der Waals surface area contributed by atoms with E-state index in [1.807, 2.05) is 0 Å². The summed E-state index contributed by atoms with van der Waals surface area (Å²) in [5.41, 5.74) is 1.49. The number of nitrogens with zero attached hydrogens (tertiary/aromatic N) is 4. The second kappa shape index (κ2) is 4.14. The van der Waals surface area contributed by atoms with E-state index in [9.17, 15) is 0 Å². The Morgan fingerprint density at radius 2 is 2.12 bits per heavy atom. The topological polar surface area (TPSA) is 57.7 Å². The molecule has 2 aromatic rings. The van der Waals surface area contributed by atoms with Crippen molar-refractivity contribution in [3.05, 3.63) is 11.6 Å². The van der Waals surface area contributed by atoms with Gasteiger partial charge in [-0.3, -0.25) is 0 Å². The molecule has 0 aliphatic heterocycles. The van der Waals surface area contributed by atoms with Gasteiger partial charge in [-0.15, -0.1) is 0 Å². The number of imidazole rings is 1. The van der Waals surface area contributed by atoms with Crippen LogP contribution in [-0.4, -0.2) is 33.0 Å². The summed E-state index contributed by atoms with van der Waals surface area (Å²) in [6, 6.07) is 0.549. The SMILES string of the molecule is CN(c1nc(Cl)nc2nc[nH]c12)C1CCCC1. The van der Waals surface area contributed by atoms with E-state index < -0.39 is 0 Å². The molecule has 0 unspecified atom stereocenters. The molecule has 1 N–H and O–H groups in total. The summed E-state index contributed by atoms with van der Waals surface area (Å²) >= 11 is 5.93. The van der Waals surface area contributed by atoms with Gasteiger partial charge in [0.25, 0.3) is 0 Å². The third-order valence-corrected chi connectivity index (χ3v) is 3.61. The Kier molecular flexibility index (Phi) is 2.63. The maximum Gasteiger partial charge on any atom is 0.226 e. The molecular weight excluding hydrogens is 238 g/mol. The van der Waals surface area contributed by atoms with E-state index in [0.29, 0.717) is 11.7 Å². The van der Waals surface area contributed by atoms with E-state index in [4.69, 9.17) is 11.6 Å². The van der Waals surface area contributed by atoms with Gasteiger partial charge < -0.3 is 9.88 Å². The van der Waals surface area contributed by atoms with Crippen LogP contribution in [-0.2, 0) is 0 Å². The zero-order chi connectivity index (χ0) is 11.8. The second-order valence-electron chi connectivity index (χ2n) is 4.47. The van der Waals surface area contributed by atoms with Crippen molar-refractivity contribution < 1.29 is 0 Å². The maximum atomic E-state index is 5.93. The Bertz CT molecular complexity index is 532. The normalized spacial score (nSPS) is 16.8. The van der Waals surface area contributed by atoms with Crippen molar-refractivity contribution in [3.8, 4) is 0 Å². The minimum absolute atomic E-state index is 0.254. The van der Waals surface area contributed by atoms with Crippen LogP contribution in [0.2, 0.25) is 5.28 Å². The average molecular weight is 252 g/mol. The first-order valence-corrected chi connectivity index (χ1v) is 6.23. The van der Waals surface area contributed by atoms with Gasteiger partial charge in [0.1, 0.15) is 5.52 Å². The van der Waals surface area contributed by atoms with Crippen LogP contribution in [0.1, 0.15) is 25.7 Å². The molecule has 17 heavy (non-hydrogen) atoms. The molecule has 0 saturated heterocycles. The smallest absolute Gasteiger partial charge is 0.226 e. The summed E-state index contributed by atoms with van der Waals surface area (Å²) in [5.74, 6) is 0.851. The monoisotopic (exact) mass is 251 g/mol. The lowest BCUT2D eigenvalue weighted by atomic mass is 10.2. The summed E-state index contributed by atoms with van der Waals surface area (Å²) in [6.07, 6.45) is 6.64. The number of rotatable bonds is 2. The van der Waals surface area contributed by atoms with Crippen molar-refractivity contribution in [1.29, 1.82) is 0 Å². The van der Waals surface area contributed by atoms with Crippen LogP contribution in [0.4, 0.5) is 5.82 Å². The highest BCUT2D eigenvalue weighted by Crippen LogP contribution is 2.29. The molecule has 1 fully saturated rings. The van der Waals surface area contributed by atoms with Gasteiger partial charge in [0, 0.05) is 13.1 Å². The predicted molar refractivity (Wildman–Crippen MR) is 67.4 cm³/mol. The standard InChI is InChI=1S/C11H14ClN5/c1-17(7-4-2-3-5-7)10-8-9(14-6-13-8)15-11(12)16-10/h6-7H,2-5H2,1H3,(H,13,14,15,16). The van der Waals surface area contributed by atoms with Crippen LogP contribution >= 0.6 is 11.6 Å². The van der Waals surface area contributed by atoms with Crippen LogP contribution < -0.4 is 4.90 Å². The Labute approximate surface area is 104 Å². The number of aromatic amines is 1. The lowest BCUT2D eigenvalue weighted by molar-refractivity contribution is 0.647. The van der Waals surface area contributed by atoms with Gasteiger partial charge in [-0.25, -0.2) is 4.98 Å². The van der Waals surface area contributed by atoms with Crippen LogP contribution in [0.15, 0.2) is 6.33 Å². The zero-order valence-electron chi connectivity index (χ0n) is 9.65. The number of fused-ring (bicyclic) bond motifs is 1. The van der Waals surface area contributed by atoms with Crippen molar-refractivity contribution in [3.63, 3.8) is 0 Å². The number of nitrogens with one attached hydrogen (secondary N) is 1. The fourth-order valence-corrected chi connectivity index (χ4v) is 2.67. The molecule has 90 valence electrons. The molecule has 2 aromatic heterocycles. The van der Waals surface area contributed by atoms with E-state index >= 15 is 0 Å². The number of aromatic nitrogens is 4. The van der Waals surface area contributed by atoms with Gasteiger partial charge in [-0.2, -0.15) is 9.97 Å². The molecule has 1 aliphatic carbocycles. The van der Waals surface area contributed by atoms with Crippen molar-refractivity contribution in [2.45, 2.75) is 31.7 Å². The van der Waals surface area contributed by atoms with Crippen molar-refractivity contribution in [2.24, 2.45) is 0 Å². The number of hydrogen-bond donors (Lipinski definition) is 1. The van der Waals surface area contributed by atoms with E-state index in [-0.39, 0.29) is 5.28 Å². The molecule has 1 saturated carbocycles. The summed E-state index contributed by atoms with van der Waals surface area (Å²) in [6.45, 7) is 0. The third kappa shape index (κ3) is 1.84. The minimum Gasteiger partial charge on any atom is -0.355 e. The molecule has 2 heterocycles. The van der Waals surface area contributed by atoms with Crippen LogP contribution in [0.5, 0.6) is 0 Å². The number of anilines is 1. The van der Waals surface area contributed by atoms with Crippen molar-refractivity contribution in [2.75, 3.05) is 11.9 Å². The predicted octanol–water partition coefficient (Wildman–Crippen LogP) is 2.39. The molecule has 0 bridgehead atoms. The average Bonchev–Trinajstić information content (AvgIpc) is 2.97. The summed E-state index contributed by atoms with van der Waals surface area (Å²) < 4.78 is 0. The first-order valence-electron chi connectivity index (χ1n) is 5.85. The molecule has 1 aliphatic rings.